The van der Waals surface area contributed by atoms with Crippen LogP contribution in [-0.2, 0) is 21.2 Å². The molecule has 0 aliphatic heterocycles. The van der Waals surface area contributed by atoms with Crippen LogP contribution in [0.1, 0.15) is 18.1 Å². The fourth-order valence-electron chi connectivity index (χ4n) is 3.55. The second-order valence-corrected chi connectivity index (χ2v) is 9.79. The summed E-state index contributed by atoms with van der Waals surface area (Å²) in [6, 6.07) is 21.0. The zero-order valence-electron chi connectivity index (χ0n) is 21.1. The molecule has 0 aliphatic carbocycles. The van der Waals surface area contributed by atoms with Gasteiger partial charge in [0.05, 0.1) is 38.5 Å². The SMILES string of the molecule is CCOc1ccccc1/C=N\NC(=O)CN(CCc1ccccc1)S(=O)(=O)c1ccc(OC)c(OC)c1. The molecule has 3 rings (SSSR count). The van der Waals surface area contributed by atoms with E-state index in [1.165, 1.54) is 38.6 Å². The number of hydrogen-bond donors (Lipinski definition) is 1. The summed E-state index contributed by atoms with van der Waals surface area (Å²) in [6.45, 7) is 2.03. The van der Waals surface area contributed by atoms with Crippen LogP contribution in [0.15, 0.2) is 82.8 Å². The normalized spacial score (nSPS) is 11.5. The number of carbonyl (C=O) groups is 1. The molecule has 0 aliphatic rings. The monoisotopic (exact) mass is 525 g/mol. The lowest BCUT2D eigenvalue weighted by atomic mass is 10.1. The van der Waals surface area contributed by atoms with Gasteiger partial charge >= 0.3 is 0 Å². The Bertz CT molecular complexity index is 1310. The summed E-state index contributed by atoms with van der Waals surface area (Å²) in [6.07, 6.45) is 1.88. The lowest BCUT2D eigenvalue weighted by Gasteiger charge is -2.22. The summed E-state index contributed by atoms with van der Waals surface area (Å²) in [5.74, 6) is 0.719. The predicted molar refractivity (Wildman–Crippen MR) is 142 cm³/mol. The number of amides is 1. The number of carbonyl (C=O) groups excluding carboxylic acids is 1. The van der Waals surface area contributed by atoms with Gasteiger partial charge in [0.2, 0.25) is 10.0 Å². The lowest BCUT2D eigenvalue weighted by Crippen LogP contribution is -2.40. The molecule has 1 amide bonds. The van der Waals surface area contributed by atoms with E-state index in [2.05, 4.69) is 10.5 Å². The summed E-state index contributed by atoms with van der Waals surface area (Å²) < 4.78 is 44.3. The Morgan fingerprint density at radius 1 is 0.946 bits per heavy atom. The Kier molecular flexibility index (Phi) is 10.0. The predicted octanol–water partition coefficient (Wildman–Crippen LogP) is 3.49. The average Bonchev–Trinajstić information content (AvgIpc) is 2.92. The Labute approximate surface area is 217 Å². The minimum atomic E-state index is -4.05. The Balaban J connectivity index is 1.80. The van der Waals surface area contributed by atoms with Gasteiger partial charge in [0, 0.05) is 18.2 Å². The minimum absolute atomic E-state index is 0.0137. The fraction of sp³-hybridized carbons (Fsp3) is 0.259. The van der Waals surface area contributed by atoms with E-state index in [1.807, 2.05) is 49.4 Å². The first-order valence-electron chi connectivity index (χ1n) is 11.7. The first kappa shape index (κ1) is 27.7. The summed E-state index contributed by atoms with van der Waals surface area (Å²) in [4.78, 5) is 12.7. The van der Waals surface area contributed by atoms with Gasteiger partial charge in [-0.25, -0.2) is 13.8 Å². The molecule has 0 bridgehead atoms. The molecular weight excluding hydrogens is 494 g/mol. The van der Waals surface area contributed by atoms with Crippen LogP contribution in [-0.4, -0.2) is 58.8 Å². The van der Waals surface area contributed by atoms with Crippen molar-refractivity contribution in [1.82, 2.24) is 9.73 Å². The zero-order valence-corrected chi connectivity index (χ0v) is 21.9. The van der Waals surface area contributed by atoms with E-state index in [1.54, 1.807) is 12.1 Å². The van der Waals surface area contributed by atoms with Crippen molar-refractivity contribution in [3.63, 3.8) is 0 Å². The van der Waals surface area contributed by atoms with Gasteiger partial charge in [-0.1, -0.05) is 42.5 Å². The van der Waals surface area contributed by atoms with Crippen molar-refractivity contribution in [2.75, 3.05) is 33.9 Å². The third kappa shape index (κ3) is 7.55. The molecule has 1 N–H and O–H groups in total. The number of hydrogen-bond acceptors (Lipinski definition) is 7. The summed E-state index contributed by atoms with van der Waals surface area (Å²) in [7, 11) is -1.15. The molecule has 0 spiro atoms. The first-order chi connectivity index (χ1) is 17.9. The van der Waals surface area contributed by atoms with Crippen LogP contribution in [0.2, 0.25) is 0 Å². The van der Waals surface area contributed by atoms with Crippen molar-refractivity contribution >= 4 is 22.1 Å². The van der Waals surface area contributed by atoms with Gasteiger partial charge < -0.3 is 14.2 Å². The standard InChI is InChI=1S/C27H31N3O6S/c1-4-36-24-13-9-8-12-22(24)19-28-29-27(31)20-30(17-16-21-10-6-5-7-11-21)37(32,33)23-14-15-25(34-2)26(18-23)35-3/h5-15,18-19H,4,16-17,20H2,1-3H3,(H,29,31)/b28-19-. The van der Waals surface area contributed by atoms with E-state index < -0.39 is 22.5 Å². The molecule has 0 heterocycles. The molecule has 0 unspecified atom stereocenters. The van der Waals surface area contributed by atoms with Gasteiger partial charge in [0.25, 0.3) is 5.91 Å². The average molecular weight is 526 g/mol. The van der Waals surface area contributed by atoms with Gasteiger partial charge in [0.1, 0.15) is 5.75 Å². The molecule has 0 saturated carbocycles. The second-order valence-electron chi connectivity index (χ2n) is 7.85. The molecule has 196 valence electrons. The lowest BCUT2D eigenvalue weighted by molar-refractivity contribution is -0.121. The maximum Gasteiger partial charge on any atom is 0.255 e. The number of nitrogens with one attached hydrogen (secondary N) is 1. The van der Waals surface area contributed by atoms with Crippen molar-refractivity contribution in [3.8, 4) is 17.2 Å². The minimum Gasteiger partial charge on any atom is -0.493 e. The molecule has 9 nitrogen and oxygen atoms in total. The highest BCUT2D eigenvalue weighted by Crippen LogP contribution is 2.30. The Hall–Kier alpha value is -3.89. The zero-order chi connectivity index (χ0) is 26.7. The maximum atomic E-state index is 13.6. The molecule has 0 aromatic heterocycles. The first-order valence-corrected chi connectivity index (χ1v) is 13.1. The number of benzene rings is 3. The van der Waals surface area contributed by atoms with Crippen LogP contribution >= 0.6 is 0 Å². The Morgan fingerprint density at radius 2 is 1.65 bits per heavy atom. The van der Waals surface area contributed by atoms with E-state index >= 15 is 0 Å². The van der Waals surface area contributed by atoms with Crippen LogP contribution in [0.3, 0.4) is 0 Å². The van der Waals surface area contributed by atoms with Gasteiger partial charge in [0.15, 0.2) is 11.5 Å². The molecule has 0 atom stereocenters. The third-order valence-electron chi connectivity index (χ3n) is 5.42. The van der Waals surface area contributed by atoms with Crippen LogP contribution < -0.4 is 19.6 Å². The topological polar surface area (TPSA) is 107 Å². The molecule has 3 aromatic carbocycles. The van der Waals surface area contributed by atoms with Gasteiger partial charge in [-0.15, -0.1) is 0 Å². The molecule has 37 heavy (non-hydrogen) atoms. The number of para-hydroxylation sites is 1. The van der Waals surface area contributed by atoms with E-state index in [-0.39, 0.29) is 17.2 Å². The second kappa shape index (κ2) is 13.4. The van der Waals surface area contributed by atoms with Gasteiger partial charge in [-0.05, 0) is 43.2 Å². The smallest absolute Gasteiger partial charge is 0.255 e. The molecular formula is C27H31N3O6S. The largest absolute Gasteiger partial charge is 0.493 e. The van der Waals surface area contributed by atoms with Crippen LogP contribution in [0, 0.1) is 0 Å². The molecule has 0 fully saturated rings. The number of sulfonamides is 1. The summed E-state index contributed by atoms with van der Waals surface area (Å²) >= 11 is 0. The van der Waals surface area contributed by atoms with Crippen LogP contribution in [0.5, 0.6) is 17.2 Å². The summed E-state index contributed by atoms with van der Waals surface area (Å²) in [5, 5.41) is 4.00. The van der Waals surface area contributed by atoms with E-state index in [0.717, 1.165) is 9.87 Å². The van der Waals surface area contributed by atoms with E-state index in [9.17, 15) is 13.2 Å². The highest BCUT2D eigenvalue weighted by atomic mass is 32.2. The molecule has 3 aromatic rings. The van der Waals surface area contributed by atoms with Gasteiger partial charge in [-0.3, -0.25) is 4.79 Å². The van der Waals surface area contributed by atoms with E-state index in [0.29, 0.717) is 30.1 Å². The van der Waals surface area contributed by atoms with Gasteiger partial charge in [-0.2, -0.15) is 9.41 Å². The quantitative estimate of drug-likeness (QED) is 0.271. The maximum absolute atomic E-state index is 13.6. The third-order valence-corrected chi connectivity index (χ3v) is 7.26. The molecule has 10 heteroatoms. The Morgan fingerprint density at radius 3 is 2.35 bits per heavy atom. The number of ether oxygens (including phenoxy) is 3. The summed E-state index contributed by atoms with van der Waals surface area (Å²) in [5.41, 5.74) is 4.05. The van der Waals surface area contributed by atoms with Crippen LogP contribution in [0.4, 0.5) is 0 Å². The van der Waals surface area contributed by atoms with Crippen molar-refractivity contribution in [2.24, 2.45) is 5.10 Å². The number of nitrogens with zero attached hydrogens (tertiary/aromatic N) is 2. The van der Waals surface area contributed by atoms with Crippen molar-refractivity contribution in [2.45, 2.75) is 18.2 Å². The highest BCUT2D eigenvalue weighted by Gasteiger charge is 2.27. The van der Waals surface area contributed by atoms with Crippen LogP contribution in [0.25, 0.3) is 0 Å². The number of rotatable bonds is 13. The van der Waals surface area contributed by atoms with Crippen molar-refractivity contribution in [1.29, 1.82) is 0 Å². The van der Waals surface area contributed by atoms with Crippen molar-refractivity contribution < 1.29 is 27.4 Å². The van der Waals surface area contributed by atoms with E-state index in [4.69, 9.17) is 14.2 Å². The fourth-order valence-corrected chi connectivity index (χ4v) is 4.97. The number of methoxy groups -OCH3 is 2. The highest BCUT2D eigenvalue weighted by molar-refractivity contribution is 7.89. The number of hydrazone groups is 1. The molecule has 0 radical (unpaired) electrons. The van der Waals surface area contributed by atoms with Crippen molar-refractivity contribution in [3.05, 3.63) is 83.9 Å². The molecule has 0 saturated heterocycles.